The Balaban J connectivity index is 1.79. The molecule has 2 aliphatic carbocycles. The molecular formula is C15H29N3. The van der Waals surface area contributed by atoms with E-state index in [1.54, 1.807) is 0 Å². The average molecular weight is 251 g/mol. The third kappa shape index (κ3) is 2.50. The molecule has 0 amide bonds. The summed E-state index contributed by atoms with van der Waals surface area (Å²) < 4.78 is 0. The molecule has 0 radical (unpaired) electrons. The van der Waals surface area contributed by atoms with E-state index in [1.165, 1.54) is 32.1 Å². The number of guanidine groups is 1. The predicted molar refractivity (Wildman–Crippen MR) is 77.6 cm³/mol. The SMILES string of the molecule is CC1(C)C(CN=C(N)NC2CCCCC2)C1(C)C. The number of nitrogens with one attached hydrogen (secondary N) is 1. The van der Waals surface area contributed by atoms with Crippen molar-refractivity contribution in [3.05, 3.63) is 0 Å². The van der Waals surface area contributed by atoms with Gasteiger partial charge in [0.2, 0.25) is 0 Å². The molecule has 104 valence electrons. The molecule has 0 saturated heterocycles. The van der Waals surface area contributed by atoms with Crippen molar-refractivity contribution in [1.82, 2.24) is 5.32 Å². The van der Waals surface area contributed by atoms with Crippen LogP contribution in [0, 0.1) is 16.7 Å². The normalized spacial score (nSPS) is 28.1. The molecule has 3 N–H and O–H groups in total. The van der Waals surface area contributed by atoms with E-state index in [4.69, 9.17) is 5.73 Å². The molecule has 3 heteroatoms. The fraction of sp³-hybridized carbons (Fsp3) is 0.933. The summed E-state index contributed by atoms with van der Waals surface area (Å²) in [6.45, 7) is 10.2. The van der Waals surface area contributed by atoms with Gasteiger partial charge in [0, 0.05) is 12.6 Å². The Morgan fingerprint density at radius 3 is 2.17 bits per heavy atom. The van der Waals surface area contributed by atoms with Gasteiger partial charge in [-0.3, -0.25) is 4.99 Å². The highest BCUT2D eigenvalue weighted by atomic mass is 15.1. The van der Waals surface area contributed by atoms with Gasteiger partial charge in [0.1, 0.15) is 0 Å². The van der Waals surface area contributed by atoms with Gasteiger partial charge in [0.05, 0.1) is 0 Å². The van der Waals surface area contributed by atoms with E-state index in [0.29, 0.717) is 28.7 Å². The fourth-order valence-corrected chi connectivity index (χ4v) is 3.48. The molecule has 0 aromatic carbocycles. The van der Waals surface area contributed by atoms with Crippen molar-refractivity contribution in [2.45, 2.75) is 65.8 Å². The maximum absolute atomic E-state index is 6.00. The van der Waals surface area contributed by atoms with Crippen molar-refractivity contribution < 1.29 is 0 Å². The zero-order chi connectivity index (χ0) is 13.4. The van der Waals surface area contributed by atoms with Gasteiger partial charge < -0.3 is 11.1 Å². The Morgan fingerprint density at radius 1 is 1.11 bits per heavy atom. The van der Waals surface area contributed by atoms with Crippen molar-refractivity contribution in [2.24, 2.45) is 27.5 Å². The summed E-state index contributed by atoms with van der Waals surface area (Å²) in [4.78, 5) is 4.55. The van der Waals surface area contributed by atoms with E-state index in [2.05, 4.69) is 38.0 Å². The van der Waals surface area contributed by atoms with Crippen LogP contribution in [0.5, 0.6) is 0 Å². The molecule has 2 aliphatic rings. The lowest BCUT2D eigenvalue weighted by Gasteiger charge is -2.23. The third-order valence-electron chi connectivity index (χ3n) is 5.72. The molecule has 3 nitrogen and oxygen atoms in total. The molecule has 0 aromatic heterocycles. The maximum Gasteiger partial charge on any atom is 0.188 e. The van der Waals surface area contributed by atoms with Crippen LogP contribution in [-0.4, -0.2) is 18.5 Å². The van der Waals surface area contributed by atoms with Gasteiger partial charge in [0.25, 0.3) is 0 Å². The van der Waals surface area contributed by atoms with Gasteiger partial charge in [-0.2, -0.15) is 0 Å². The van der Waals surface area contributed by atoms with Crippen LogP contribution in [0.2, 0.25) is 0 Å². The minimum absolute atomic E-state index is 0.404. The van der Waals surface area contributed by atoms with Crippen LogP contribution in [0.4, 0.5) is 0 Å². The zero-order valence-electron chi connectivity index (χ0n) is 12.4. The van der Waals surface area contributed by atoms with Gasteiger partial charge in [-0.25, -0.2) is 0 Å². The largest absolute Gasteiger partial charge is 0.370 e. The van der Waals surface area contributed by atoms with E-state index in [0.717, 1.165) is 6.54 Å². The number of aliphatic imine (C=N–C) groups is 1. The lowest BCUT2D eigenvalue weighted by Crippen LogP contribution is -2.41. The molecule has 0 bridgehead atoms. The van der Waals surface area contributed by atoms with E-state index < -0.39 is 0 Å². The summed E-state index contributed by atoms with van der Waals surface area (Å²) in [5, 5.41) is 3.38. The van der Waals surface area contributed by atoms with Gasteiger partial charge >= 0.3 is 0 Å². The standard InChI is InChI=1S/C15H29N3/c1-14(2)12(15(14,3)4)10-17-13(16)18-11-8-6-5-7-9-11/h11-12H,5-10H2,1-4H3,(H3,16,17,18). The van der Waals surface area contributed by atoms with Crippen molar-refractivity contribution >= 4 is 5.96 Å². The summed E-state index contributed by atoms with van der Waals surface area (Å²) in [7, 11) is 0. The fourth-order valence-electron chi connectivity index (χ4n) is 3.48. The molecule has 2 fully saturated rings. The first kappa shape index (κ1) is 13.7. The zero-order valence-corrected chi connectivity index (χ0v) is 12.4. The highest BCUT2D eigenvalue weighted by Crippen LogP contribution is 2.68. The second kappa shape index (κ2) is 4.75. The molecule has 18 heavy (non-hydrogen) atoms. The Morgan fingerprint density at radius 2 is 1.67 bits per heavy atom. The number of nitrogens with two attached hydrogens (primary N) is 1. The molecule has 0 heterocycles. The summed E-state index contributed by atoms with van der Waals surface area (Å²) in [5.74, 6) is 1.32. The minimum Gasteiger partial charge on any atom is -0.370 e. The number of hydrogen-bond donors (Lipinski definition) is 2. The Labute approximate surface area is 112 Å². The second-order valence-corrected chi connectivity index (χ2v) is 7.20. The van der Waals surface area contributed by atoms with Crippen molar-refractivity contribution in [1.29, 1.82) is 0 Å². The van der Waals surface area contributed by atoms with E-state index in [-0.39, 0.29) is 0 Å². The first-order chi connectivity index (χ1) is 8.35. The molecule has 0 aliphatic heterocycles. The highest BCUT2D eigenvalue weighted by Gasteiger charge is 2.64. The van der Waals surface area contributed by atoms with Crippen molar-refractivity contribution in [2.75, 3.05) is 6.54 Å². The molecule has 0 atom stereocenters. The first-order valence-corrected chi connectivity index (χ1v) is 7.42. The van der Waals surface area contributed by atoms with E-state index in [1.807, 2.05) is 0 Å². The summed E-state index contributed by atoms with van der Waals surface area (Å²) in [6.07, 6.45) is 6.52. The van der Waals surface area contributed by atoms with Crippen LogP contribution >= 0.6 is 0 Å². The summed E-state index contributed by atoms with van der Waals surface area (Å²) in [5.41, 5.74) is 6.81. The molecular weight excluding hydrogens is 222 g/mol. The summed E-state index contributed by atoms with van der Waals surface area (Å²) >= 11 is 0. The lowest BCUT2D eigenvalue weighted by molar-refractivity contribution is 0.412. The smallest absolute Gasteiger partial charge is 0.188 e. The Hall–Kier alpha value is -0.730. The van der Waals surface area contributed by atoms with Crippen LogP contribution in [-0.2, 0) is 0 Å². The average Bonchev–Trinajstić information content (AvgIpc) is 2.68. The van der Waals surface area contributed by atoms with Gasteiger partial charge in [-0.1, -0.05) is 47.0 Å². The maximum atomic E-state index is 6.00. The third-order valence-corrected chi connectivity index (χ3v) is 5.72. The second-order valence-electron chi connectivity index (χ2n) is 7.20. The van der Waals surface area contributed by atoms with Crippen molar-refractivity contribution in [3.8, 4) is 0 Å². The quantitative estimate of drug-likeness (QED) is 0.598. The number of nitrogens with zero attached hydrogens (tertiary/aromatic N) is 1. The lowest BCUT2D eigenvalue weighted by atomic mass is 9.96. The van der Waals surface area contributed by atoms with Crippen LogP contribution in [0.25, 0.3) is 0 Å². The van der Waals surface area contributed by atoms with E-state index in [9.17, 15) is 0 Å². The summed E-state index contributed by atoms with van der Waals surface area (Å²) in [6, 6.07) is 0.558. The number of rotatable bonds is 3. The predicted octanol–water partition coefficient (Wildman–Crippen LogP) is 2.91. The van der Waals surface area contributed by atoms with Crippen LogP contribution < -0.4 is 11.1 Å². The Bertz CT molecular complexity index is 311. The molecule has 2 saturated carbocycles. The molecule has 0 aromatic rings. The van der Waals surface area contributed by atoms with Crippen LogP contribution in [0.15, 0.2) is 4.99 Å². The molecule has 2 rings (SSSR count). The van der Waals surface area contributed by atoms with Gasteiger partial charge in [-0.05, 0) is 29.6 Å². The monoisotopic (exact) mass is 251 g/mol. The number of hydrogen-bond acceptors (Lipinski definition) is 1. The van der Waals surface area contributed by atoms with E-state index >= 15 is 0 Å². The topological polar surface area (TPSA) is 50.4 Å². The van der Waals surface area contributed by atoms with Gasteiger partial charge in [0.15, 0.2) is 5.96 Å². The molecule has 0 unspecified atom stereocenters. The van der Waals surface area contributed by atoms with Crippen LogP contribution in [0.3, 0.4) is 0 Å². The molecule has 0 spiro atoms. The first-order valence-electron chi connectivity index (χ1n) is 7.42. The van der Waals surface area contributed by atoms with Crippen LogP contribution in [0.1, 0.15) is 59.8 Å². The Kier molecular flexibility index (Phi) is 3.61. The van der Waals surface area contributed by atoms with Gasteiger partial charge in [-0.15, -0.1) is 0 Å². The highest BCUT2D eigenvalue weighted by molar-refractivity contribution is 5.78. The minimum atomic E-state index is 0.404. The van der Waals surface area contributed by atoms with Crippen molar-refractivity contribution in [3.63, 3.8) is 0 Å².